The zero-order valence-electron chi connectivity index (χ0n) is 8.31. The van der Waals surface area contributed by atoms with E-state index in [1.807, 2.05) is 18.2 Å². The number of amides is 1. The second-order valence-electron chi connectivity index (χ2n) is 2.91. The van der Waals surface area contributed by atoms with Crippen molar-refractivity contribution >= 4 is 12.2 Å². The predicted molar refractivity (Wildman–Crippen MR) is 55.6 cm³/mol. The molecule has 1 N–H and O–H groups in total. The lowest BCUT2D eigenvalue weighted by molar-refractivity contribution is -0.123. The maximum absolute atomic E-state index is 11.1. The van der Waals surface area contributed by atoms with E-state index in [9.17, 15) is 9.59 Å². The van der Waals surface area contributed by atoms with Crippen molar-refractivity contribution < 1.29 is 14.3 Å². The first-order valence-electron chi connectivity index (χ1n) is 4.71. The molecule has 0 atom stereocenters. The van der Waals surface area contributed by atoms with E-state index in [0.717, 1.165) is 6.29 Å². The molecular weight excluding hydrogens is 194 g/mol. The monoisotopic (exact) mass is 207 g/mol. The first-order valence-corrected chi connectivity index (χ1v) is 4.71. The van der Waals surface area contributed by atoms with Gasteiger partial charge in [0.25, 0.3) is 5.91 Å². The number of benzene rings is 1. The molecule has 4 heteroatoms. The number of ether oxygens (including phenoxy) is 1. The van der Waals surface area contributed by atoms with Crippen molar-refractivity contribution in [3.8, 4) is 5.75 Å². The topological polar surface area (TPSA) is 55.4 Å². The Balaban J connectivity index is 2.20. The van der Waals surface area contributed by atoms with Gasteiger partial charge in [-0.2, -0.15) is 0 Å². The van der Waals surface area contributed by atoms with E-state index >= 15 is 0 Å². The Morgan fingerprint density at radius 2 is 2.07 bits per heavy atom. The molecule has 15 heavy (non-hydrogen) atoms. The van der Waals surface area contributed by atoms with Crippen LogP contribution in [0, 0.1) is 0 Å². The van der Waals surface area contributed by atoms with Crippen molar-refractivity contribution in [1.29, 1.82) is 0 Å². The highest BCUT2D eigenvalue weighted by Crippen LogP contribution is 2.07. The molecule has 0 bridgehead atoms. The Labute approximate surface area is 88.2 Å². The highest BCUT2D eigenvalue weighted by Gasteiger charge is 2.00. The number of carbonyl (C=O) groups excluding carboxylic acids is 2. The Morgan fingerprint density at radius 1 is 1.33 bits per heavy atom. The minimum Gasteiger partial charge on any atom is -0.484 e. The number of para-hydroxylation sites is 1. The van der Waals surface area contributed by atoms with Crippen LogP contribution in [0.4, 0.5) is 0 Å². The molecule has 0 aliphatic carbocycles. The third-order valence-electron chi connectivity index (χ3n) is 1.70. The fourth-order valence-corrected chi connectivity index (χ4v) is 0.987. The number of aldehydes is 1. The van der Waals surface area contributed by atoms with E-state index in [1.54, 1.807) is 12.1 Å². The third kappa shape index (κ3) is 4.81. The van der Waals surface area contributed by atoms with E-state index in [-0.39, 0.29) is 12.5 Å². The minimum absolute atomic E-state index is 0.0249. The Morgan fingerprint density at radius 3 is 2.73 bits per heavy atom. The van der Waals surface area contributed by atoms with Gasteiger partial charge in [-0.3, -0.25) is 4.79 Å². The Hall–Kier alpha value is -1.84. The van der Waals surface area contributed by atoms with Crippen LogP contribution in [-0.4, -0.2) is 25.3 Å². The van der Waals surface area contributed by atoms with Gasteiger partial charge in [0.2, 0.25) is 0 Å². The maximum atomic E-state index is 11.1. The van der Waals surface area contributed by atoms with Crippen LogP contribution in [0.2, 0.25) is 0 Å². The fraction of sp³-hybridized carbons (Fsp3) is 0.273. The van der Waals surface area contributed by atoms with Crippen LogP contribution >= 0.6 is 0 Å². The van der Waals surface area contributed by atoms with Crippen LogP contribution in [0.15, 0.2) is 30.3 Å². The first-order chi connectivity index (χ1) is 7.33. The van der Waals surface area contributed by atoms with Gasteiger partial charge in [0.15, 0.2) is 6.61 Å². The summed E-state index contributed by atoms with van der Waals surface area (Å²) < 4.78 is 5.20. The fourth-order valence-electron chi connectivity index (χ4n) is 0.987. The van der Waals surface area contributed by atoms with Gasteiger partial charge in [0.1, 0.15) is 12.0 Å². The predicted octanol–water partition coefficient (Wildman–Crippen LogP) is 0.771. The zero-order chi connectivity index (χ0) is 10.9. The summed E-state index contributed by atoms with van der Waals surface area (Å²) >= 11 is 0. The molecule has 0 fully saturated rings. The summed E-state index contributed by atoms with van der Waals surface area (Å²) in [6.07, 6.45) is 1.09. The van der Waals surface area contributed by atoms with Crippen LogP contribution in [0.5, 0.6) is 5.75 Å². The minimum atomic E-state index is -0.222. The van der Waals surface area contributed by atoms with Crippen molar-refractivity contribution in [3.63, 3.8) is 0 Å². The second-order valence-corrected chi connectivity index (χ2v) is 2.91. The lowest BCUT2D eigenvalue weighted by atomic mass is 10.3. The summed E-state index contributed by atoms with van der Waals surface area (Å²) in [5.41, 5.74) is 0. The molecule has 0 spiro atoms. The molecule has 0 unspecified atom stereocenters. The molecule has 0 aliphatic rings. The quantitative estimate of drug-likeness (QED) is 0.553. The van der Waals surface area contributed by atoms with Crippen molar-refractivity contribution in [1.82, 2.24) is 5.32 Å². The number of carbonyl (C=O) groups is 2. The maximum Gasteiger partial charge on any atom is 0.257 e. The molecule has 1 rings (SSSR count). The zero-order valence-corrected chi connectivity index (χ0v) is 8.31. The largest absolute Gasteiger partial charge is 0.484 e. The van der Waals surface area contributed by atoms with Crippen molar-refractivity contribution in [2.75, 3.05) is 13.2 Å². The van der Waals surface area contributed by atoms with Crippen LogP contribution < -0.4 is 10.1 Å². The molecule has 0 saturated heterocycles. The van der Waals surface area contributed by atoms with Gasteiger partial charge in [-0.1, -0.05) is 18.2 Å². The number of nitrogens with one attached hydrogen (secondary N) is 1. The van der Waals surface area contributed by atoms with E-state index in [2.05, 4.69) is 5.32 Å². The van der Waals surface area contributed by atoms with E-state index < -0.39 is 0 Å². The van der Waals surface area contributed by atoms with Gasteiger partial charge in [-0.05, 0) is 12.1 Å². The van der Waals surface area contributed by atoms with Gasteiger partial charge in [0.05, 0.1) is 0 Å². The standard InChI is InChI=1S/C11H13NO3/c13-8-4-7-12-11(14)9-15-10-5-2-1-3-6-10/h1-3,5-6,8H,4,7,9H2,(H,12,14). The summed E-state index contributed by atoms with van der Waals surface area (Å²) in [6.45, 7) is 0.337. The summed E-state index contributed by atoms with van der Waals surface area (Å²) in [7, 11) is 0. The van der Waals surface area contributed by atoms with Crippen LogP contribution in [0.1, 0.15) is 6.42 Å². The van der Waals surface area contributed by atoms with Crippen molar-refractivity contribution in [2.24, 2.45) is 0 Å². The van der Waals surface area contributed by atoms with E-state index in [1.165, 1.54) is 0 Å². The Kier molecular flexibility index (Phi) is 4.94. The van der Waals surface area contributed by atoms with Gasteiger partial charge in [0, 0.05) is 13.0 Å². The molecular formula is C11H13NO3. The molecule has 0 aromatic heterocycles. The first kappa shape index (κ1) is 11.2. The molecule has 80 valence electrons. The molecule has 1 aromatic rings. The van der Waals surface area contributed by atoms with Crippen LogP contribution in [0.25, 0.3) is 0 Å². The van der Waals surface area contributed by atoms with Crippen molar-refractivity contribution in [3.05, 3.63) is 30.3 Å². The lowest BCUT2D eigenvalue weighted by Crippen LogP contribution is -2.29. The van der Waals surface area contributed by atoms with E-state index in [0.29, 0.717) is 18.7 Å². The molecule has 0 saturated carbocycles. The molecule has 4 nitrogen and oxygen atoms in total. The summed E-state index contributed by atoms with van der Waals surface area (Å²) in [4.78, 5) is 21.1. The van der Waals surface area contributed by atoms with Gasteiger partial charge < -0.3 is 14.8 Å². The summed E-state index contributed by atoms with van der Waals surface area (Å²) in [6, 6.07) is 9.09. The molecule has 0 radical (unpaired) electrons. The smallest absolute Gasteiger partial charge is 0.257 e. The average Bonchev–Trinajstić information content (AvgIpc) is 2.28. The molecule has 1 amide bonds. The van der Waals surface area contributed by atoms with Gasteiger partial charge in [-0.15, -0.1) is 0 Å². The van der Waals surface area contributed by atoms with E-state index in [4.69, 9.17) is 4.74 Å². The summed E-state index contributed by atoms with van der Waals surface area (Å²) in [5, 5.41) is 2.56. The van der Waals surface area contributed by atoms with Crippen molar-refractivity contribution in [2.45, 2.75) is 6.42 Å². The normalized spacial score (nSPS) is 9.33. The second kappa shape index (κ2) is 6.59. The third-order valence-corrected chi connectivity index (χ3v) is 1.70. The van der Waals surface area contributed by atoms with Gasteiger partial charge >= 0.3 is 0 Å². The van der Waals surface area contributed by atoms with Crippen LogP contribution in [0.3, 0.4) is 0 Å². The number of hydrogen-bond donors (Lipinski definition) is 1. The highest BCUT2D eigenvalue weighted by atomic mass is 16.5. The van der Waals surface area contributed by atoms with Gasteiger partial charge in [-0.25, -0.2) is 0 Å². The Bertz CT molecular complexity index is 311. The molecule has 1 aromatic carbocycles. The molecule has 0 heterocycles. The SMILES string of the molecule is O=CCCNC(=O)COc1ccccc1. The average molecular weight is 207 g/mol. The number of rotatable bonds is 6. The summed E-state index contributed by atoms with van der Waals surface area (Å²) in [5.74, 6) is 0.434. The highest BCUT2D eigenvalue weighted by molar-refractivity contribution is 5.77. The lowest BCUT2D eigenvalue weighted by Gasteiger charge is -2.05. The number of hydrogen-bond acceptors (Lipinski definition) is 3. The molecule has 0 aliphatic heterocycles. The van der Waals surface area contributed by atoms with Crippen LogP contribution in [-0.2, 0) is 9.59 Å².